The Labute approximate surface area is 117 Å². The largest absolute Gasteiger partial charge is 0.413 e. The highest BCUT2D eigenvalue weighted by Gasteiger charge is 2.32. The lowest BCUT2D eigenvalue weighted by atomic mass is 10.1. The number of hydrogen-bond acceptors (Lipinski definition) is 3. The number of carbonyl (C=O) groups is 1. The van der Waals surface area contributed by atoms with E-state index in [1.165, 1.54) is 0 Å². The molecule has 0 fully saturated rings. The predicted molar refractivity (Wildman–Crippen MR) is 74.5 cm³/mol. The number of para-hydroxylation sites is 1. The van der Waals surface area contributed by atoms with Crippen molar-refractivity contribution in [3.63, 3.8) is 0 Å². The van der Waals surface area contributed by atoms with Gasteiger partial charge in [0.05, 0.1) is 12.1 Å². The molecule has 1 aliphatic carbocycles. The van der Waals surface area contributed by atoms with Gasteiger partial charge in [-0.3, -0.25) is 0 Å². The first-order valence-electron chi connectivity index (χ1n) is 6.53. The van der Waals surface area contributed by atoms with Crippen LogP contribution in [-0.2, 0) is 6.42 Å². The second-order valence-corrected chi connectivity index (χ2v) is 4.79. The molecule has 1 aliphatic rings. The van der Waals surface area contributed by atoms with Crippen molar-refractivity contribution in [2.75, 3.05) is 0 Å². The molecule has 0 unspecified atom stereocenters. The molecule has 0 spiro atoms. The molecule has 0 aliphatic heterocycles. The van der Waals surface area contributed by atoms with Crippen molar-refractivity contribution in [1.29, 1.82) is 0 Å². The van der Waals surface area contributed by atoms with Gasteiger partial charge in [0.15, 0.2) is 0 Å². The van der Waals surface area contributed by atoms with Gasteiger partial charge in [0.25, 0.3) is 0 Å². The maximum Gasteiger partial charge on any atom is 0.413 e. The molecule has 0 saturated heterocycles. The van der Waals surface area contributed by atoms with Crippen molar-refractivity contribution >= 4 is 6.09 Å². The van der Waals surface area contributed by atoms with Crippen LogP contribution in [0.1, 0.15) is 17.2 Å². The molecular formula is C16H15NO3. The van der Waals surface area contributed by atoms with Crippen LogP contribution in [0.3, 0.4) is 0 Å². The lowest BCUT2D eigenvalue weighted by Gasteiger charge is -2.17. The molecule has 102 valence electrons. The Morgan fingerprint density at radius 3 is 2.60 bits per heavy atom. The van der Waals surface area contributed by atoms with Gasteiger partial charge in [-0.2, -0.15) is 0 Å². The Morgan fingerprint density at radius 2 is 1.80 bits per heavy atom. The quantitative estimate of drug-likeness (QED) is 0.880. The fourth-order valence-corrected chi connectivity index (χ4v) is 2.50. The van der Waals surface area contributed by atoms with Gasteiger partial charge in [-0.25, -0.2) is 4.79 Å². The Kier molecular flexibility index (Phi) is 3.39. The minimum Gasteiger partial charge on any atom is -0.410 e. The number of benzene rings is 2. The second-order valence-electron chi connectivity index (χ2n) is 4.79. The maximum absolute atomic E-state index is 11.9. The van der Waals surface area contributed by atoms with Crippen molar-refractivity contribution in [3.8, 4) is 5.75 Å². The summed E-state index contributed by atoms with van der Waals surface area (Å²) in [5.41, 5.74) is 2.01. The Bertz CT molecular complexity index is 612. The summed E-state index contributed by atoms with van der Waals surface area (Å²) >= 11 is 0. The molecule has 4 nitrogen and oxygen atoms in total. The third-order valence-electron chi connectivity index (χ3n) is 3.43. The molecule has 2 aromatic rings. The molecule has 2 atom stereocenters. The zero-order chi connectivity index (χ0) is 13.9. The highest BCUT2D eigenvalue weighted by atomic mass is 16.6. The summed E-state index contributed by atoms with van der Waals surface area (Å²) in [5.74, 6) is 0.478. The van der Waals surface area contributed by atoms with E-state index in [2.05, 4.69) is 5.32 Å². The highest BCUT2D eigenvalue weighted by molar-refractivity contribution is 5.71. The molecule has 0 radical (unpaired) electrons. The zero-order valence-electron chi connectivity index (χ0n) is 10.8. The summed E-state index contributed by atoms with van der Waals surface area (Å²) in [7, 11) is 0. The van der Waals surface area contributed by atoms with E-state index in [4.69, 9.17) is 4.74 Å². The first-order chi connectivity index (χ1) is 9.74. The van der Waals surface area contributed by atoms with Crippen LogP contribution in [0.2, 0.25) is 0 Å². The summed E-state index contributed by atoms with van der Waals surface area (Å²) in [4.78, 5) is 11.9. The van der Waals surface area contributed by atoms with E-state index in [9.17, 15) is 9.90 Å². The van der Waals surface area contributed by atoms with Crippen molar-refractivity contribution in [3.05, 3.63) is 65.7 Å². The van der Waals surface area contributed by atoms with Gasteiger partial charge in [-0.1, -0.05) is 42.5 Å². The van der Waals surface area contributed by atoms with E-state index < -0.39 is 18.2 Å². The van der Waals surface area contributed by atoms with Crippen molar-refractivity contribution in [2.24, 2.45) is 0 Å². The molecule has 0 saturated carbocycles. The minimum absolute atomic E-state index is 0.414. The van der Waals surface area contributed by atoms with Crippen LogP contribution in [-0.4, -0.2) is 17.3 Å². The van der Waals surface area contributed by atoms with Gasteiger partial charge < -0.3 is 15.2 Å². The van der Waals surface area contributed by atoms with Crippen molar-refractivity contribution in [2.45, 2.75) is 18.6 Å². The molecular weight excluding hydrogens is 254 g/mol. The number of hydrogen-bond donors (Lipinski definition) is 2. The number of nitrogens with one attached hydrogen (secondary N) is 1. The Hall–Kier alpha value is -2.33. The monoisotopic (exact) mass is 269 g/mol. The fourth-order valence-electron chi connectivity index (χ4n) is 2.50. The zero-order valence-corrected chi connectivity index (χ0v) is 10.8. The average molecular weight is 269 g/mol. The second kappa shape index (κ2) is 5.35. The molecule has 0 heterocycles. The topological polar surface area (TPSA) is 58.6 Å². The average Bonchev–Trinajstić information content (AvgIpc) is 2.76. The standard InChI is InChI=1S/C16H15NO3/c18-14-10-11-6-4-5-9-13(11)15(14)17-16(19)20-12-7-2-1-3-8-12/h1-9,14-15,18H,10H2,(H,17,19)/t14-,15+/m0/s1. The van der Waals surface area contributed by atoms with E-state index in [-0.39, 0.29) is 0 Å². The van der Waals surface area contributed by atoms with E-state index >= 15 is 0 Å². The van der Waals surface area contributed by atoms with Gasteiger partial charge in [0.2, 0.25) is 0 Å². The number of amides is 1. The van der Waals surface area contributed by atoms with E-state index in [1.807, 2.05) is 30.3 Å². The van der Waals surface area contributed by atoms with Gasteiger partial charge >= 0.3 is 6.09 Å². The third-order valence-corrected chi connectivity index (χ3v) is 3.43. The van der Waals surface area contributed by atoms with Crippen LogP contribution in [0.5, 0.6) is 5.75 Å². The summed E-state index contributed by atoms with van der Waals surface area (Å²) in [6, 6.07) is 16.1. The number of aliphatic hydroxyl groups is 1. The van der Waals surface area contributed by atoms with Crippen LogP contribution in [0, 0.1) is 0 Å². The number of fused-ring (bicyclic) bond motifs is 1. The molecule has 0 aromatic heterocycles. The van der Waals surface area contributed by atoms with Gasteiger partial charge in [-0.05, 0) is 23.3 Å². The molecule has 3 rings (SSSR count). The van der Waals surface area contributed by atoms with Gasteiger partial charge in [0.1, 0.15) is 5.75 Å². The minimum atomic E-state index is -0.615. The molecule has 2 N–H and O–H groups in total. The number of carbonyl (C=O) groups excluding carboxylic acids is 1. The van der Waals surface area contributed by atoms with E-state index in [0.29, 0.717) is 12.2 Å². The molecule has 0 bridgehead atoms. The van der Waals surface area contributed by atoms with Crippen LogP contribution in [0.15, 0.2) is 54.6 Å². The van der Waals surface area contributed by atoms with Crippen LogP contribution in [0.25, 0.3) is 0 Å². The Morgan fingerprint density at radius 1 is 1.10 bits per heavy atom. The van der Waals surface area contributed by atoms with Crippen LogP contribution >= 0.6 is 0 Å². The molecule has 2 aromatic carbocycles. The van der Waals surface area contributed by atoms with Crippen molar-refractivity contribution in [1.82, 2.24) is 5.32 Å². The third kappa shape index (κ3) is 2.51. The lowest BCUT2D eigenvalue weighted by Crippen LogP contribution is -2.35. The van der Waals surface area contributed by atoms with Crippen LogP contribution in [0.4, 0.5) is 4.79 Å². The lowest BCUT2D eigenvalue weighted by molar-refractivity contribution is 0.133. The summed E-state index contributed by atoms with van der Waals surface area (Å²) in [6.07, 6.45) is -0.625. The highest BCUT2D eigenvalue weighted by Crippen LogP contribution is 2.31. The predicted octanol–water partition coefficient (Wildman–Crippen LogP) is 2.43. The SMILES string of the molecule is O=C(N[C@@H]1c2ccccc2C[C@@H]1O)Oc1ccccc1. The first-order valence-corrected chi connectivity index (χ1v) is 6.53. The van der Waals surface area contributed by atoms with E-state index in [1.54, 1.807) is 24.3 Å². The molecule has 20 heavy (non-hydrogen) atoms. The maximum atomic E-state index is 11.9. The van der Waals surface area contributed by atoms with E-state index in [0.717, 1.165) is 11.1 Å². The van der Waals surface area contributed by atoms with Gasteiger partial charge in [-0.15, -0.1) is 0 Å². The summed E-state index contributed by atoms with van der Waals surface area (Å²) in [6.45, 7) is 0. The van der Waals surface area contributed by atoms with Crippen molar-refractivity contribution < 1.29 is 14.6 Å². The normalized spacial score (nSPS) is 20.2. The first kappa shape index (κ1) is 12.7. The number of aliphatic hydroxyl groups excluding tert-OH is 1. The molecule has 1 amide bonds. The molecule has 4 heteroatoms. The smallest absolute Gasteiger partial charge is 0.410 e. The Balaban J connectivity index is 1.70. The number of ether oxygens (including phenoxy) is 1. The summed E-state index contributed by atoms with van der Waals surface area (Å²) in [5, 5.41) is 12.8. The van der Waals surface area contributed by atoms with Crippen LogP contribution < -0.4 is 10.1 Å². The number of rotatable bonds is 2. The summed E-state index contributed by atoms with van der Waals surface area (Å²) < 4.78 is 5.18. The fraction of sp³-hybridized carbons (Fsp3) is 0.188. The van der Waals surface area contributed by atoms with Gasteiger partial charge in [0, 0.05) is 6.42 Å².